The quantitative estimate of drug-likeness (QED) is 0.725. The van der Waals surface area contributed by atoms with E-state index >= 15 is 0 Å². The van der Waals surface area contributed by atoms with Crippen molar-refractivity contribution in [2.75, 3.05) is 19.6 Å². The Morgan fingerprint density at radius 3 is 2.71 bits per heavy atom. The van der Waals surface area contributed by atoms with Gasteiger partial charge in [-0.3, -0.25) is 4.68 Å². The van der Waals surface area contributed by atoms with Crippen molar-refractivity contribution in [2.45, 2.75) is 25.9 Å². The van der Waals surface area contributed by atoms with Gasteiger partial charge in [0.1, 0.15) is 6.33 Å². The fourth-order valence-electron chi connectivity index (χ4n) is 1.78. The summed E-state index contributed by atoms with van der Waals surface area (Å²) >= 11 is 0. The SMILES string of the molecule is NCc1ncn(CCN2CCCC2)n1. The third-order valence-corrected chi connectivity index (χ3v) is 2.61. The number of hydrogen-bond acceptors (Lipinski definition) is 4. The standard InChI is InChI=1S/C9H17N5/c10-7-9-11-8-14(12-9)6-5-13-3-1-2-4-13/h8H,1-7,10H2. The van der Waals surface area contributed by atoms with Crippen LogP contribution in [0.15, 0.2) is 6.33 Å². The zero-order chi connectivity index (χ0) is 9.80. The third-order valence-electron chi connectivity index (χ3n) is 2.61. The van der Waals surface area contributed by atoms with Crippen molar-refractivity contribution in [3.05, 3.63) is 12.2 Å². The molecule has 0 atom stereocenters. The lowest BCUT2D eigenvalue weighted by Crippen LogP contribution is -2.24. The van der Waals surface area contributed by atoms with Crippen molar-refractivity contribution in [1.29, 1.82) is 0 Å². The Morgan fingerprint density at radius 2 is 2.07 bits per heavy atom. The van der Waals surface area contributed by atoms with Crippen LogP contribution in [0, 0.1) is 0 Å². The van der Waals surface area contributed by atoms with Crippen LogP contribution in [0.3, 0.4) is 0 Å². The van der Waals surface area contributed by atoms with Crippen LogP contribution in [-0.4, -0.2) is 39.3 Å². The van der Waals surface area contributed by atoms with Crippen molar-refractivity contribution in [3.8, 4) is 0 Å². The molecule has 1 aromatic heterocycles. The van der Waals surface area contributed by atoms with E-state index in [1.54, 1.807) is 6.33 Å². The molecule has 1 aliphatic heterocycles. The van der Waals surface area contributed by atoms with Crippen LogP contribution in [0.25, 0.3) is 0 Å². The molecule has 2 N–H and O–H groups in total. The molecule has 1 saturated heterocycles. The zero-order valence-electron chi connectivity index (χ0n) is 8.39. The van der Waals surface area contributed by atoms with Crippen LogP contribution in [0.5, 0.6) is 0 Å². The van der Waals surface area contributed by atoms with Gasteiger partial charge in [-0.25, -0.2) is 4.98 Å². The predicted molar refractivity (Wildman–Crippen MR) is 53.6 cm³/mol. The molecule has 78 valence electrons. The van der Waals surface area contributed by atoms with Gasteiger partial charge >= 0.3 is 0 Å². The Morgan fingerprint density at radius 1 is 1.29 bits per heavy atom. The summed E-state index contributed by atoms with van der Waals surface area (Å²) in [6.07, 6.45) is 4.44. The van der Waals surface area contributed by atoms with E-state index in [4.69, 9.17) is 5.73 Å². The largest absolute Gasteiger partial charge is 0.324 e. The highest BCUT2D eigenvalue weighted by Gasteiger charge is 2.10. The lowest BCUT2D eigenvalue weighted by atomic mass is 10.4. The van der Waals surface area contributed by atoms with Crippen LogP contribution in [0.4, 0.5) is 0 Å². The topological polar surface area (TPSA) is 60.0 Å². The number of aromatic nitrogens is 3. The van der Waals surface area contributed by atoms with Gasteiger partial charge < -0.3 is 10.6 Å². The van der Waals surface area contributed by atoms with Crippen molar-refractivity contribution in [1.82, 2.24) is 19.7 Å². The maximum atomic E-state index is 5.43. The minimum Gasteiger partial charge on any atom is -0.324 e. The Hall–Kier alpha value is -0.940. The Kier molecular flexibility index (Phi) is 3.10. The van der Waals surface area contributed by atoms with Crippen LogP contribution in [-0.2, 0) is 13.1 Å². The first-order valence-electron chi connectivity index (χ1n) is 5.19. The van der Waals surface area contributed by atoms with Gasteiger partial charge in [-0.2, -0.15) is 5.10 Å². The molecule has 0 saturated carbocycles. The van der Waals surface area contributed by atoms with E-state index in [0.717, 1.165) is 18.9 Å². The maximum absolute atomic E-state index is 5.43. The Bertz CT molecular complexity index is 276. The van der Waals surface area contributed by atoms with Gasteiger partial charge in [-0.15, -0.1) is 0 Å². The van der Waals surface area contributed by atoms with E-state index in [9.17, 15) is 0 Å². The Balaban J connectivity index is 1.79. The number of nitrogens with two attached hydrogens (primary N) is 1. The molecule has 2 heterocycles. The molecule has 0 aromatic carbocycles. The summed E-state index contributed by atoms with van der Waals surface area (Å²) in [6, 6.07) is 0. The van der Waals surface area contributed by atoms with E-state index in [-0.39, 0.29) is 0 Å². The van der Waals surface area contributed by atoms with Crippen LogP contribution in [0.2, 0.25) is 0 Å². The van der Waals surface area contributed by atoms with Gasteiger partial charge in [0.15, 0.2) is 5.82 Å². The van der Waals surface area contributed by atoms with E-state index in [1.807, 2.05) is 4.68 Å². The van der Waals surface area contributed by atoms with Crippen LogP contribution < -0.4 is 5.73 Å². The molecule has 0 amide bonds. The summed E-state index contributed by atoms with van der Waals surface area (Å²) in [6.45, 7) is 4.90. The third kappa shape index (κ3) is 2.30. The molecule has 14 heavy (non-hydrogen) atoms. The van der Waals surface area contributed by atoms with Gasteiger partial charge in [0.25, 0.3) is 0 Å². The van der Waals surface area contributed by atoms with Gasteiger partial charge in [-0.05, 0) is 25.9 Å². The van der Waals surface area contributed by atoms with Crippen molar-refractivity contribution >= 4 is 0 Å². The highest BCUT2D eigenvalue weighted by Crippen LogP contribution is 2.06. The van der Waals surface area contributed by atoms with E-state index in [2.05, 4.69) is 15.0 Å². The van der Waals surface area contributed by atoms with Crippen LogP contribution >= 0.6 is 0 Å². The number of hydrogen-bond donors (Lipinski definition) is 1. The molecule has 0 unspecified atom stereocenters. The second-order valence-corrected chi connectivity index (χ2v) is 3.68. The number of likely N-dealkylation sites (tertiary alicyclic amines) is 1. The summed E-state index contributed by atoms with van der Waals surface area (Å²) in [5, 5.41) is 4.24. The molecule has 5 nitrogen and oxygen atoms in total. The van der Waals surface area contributed by atoms with Gasteiger partial charge in [-0.1, -0.05) is 0 Å². The second kappa shape index (κ2) is 4.52. The predicted octanol–water partition coefficient (Wildman–Crippen LogP) is -0.167. The lowest BCUT2D eigenvalue weighted by Gasteiger charge is -2.13. The smallest absolute Gasteiger partial charge is 0.164 e. The summed E-state index contributed by atoms with van der Waals surface area (Å²) in [4.78, 5) is 6.55. The Labute approximate surface area is 83.9 Å². The zero-order valence-corrected chi connectivity index (χ0v) is 8.39. The molecule has 0 bridgehead atoms. The summed E-state index contributed by atoms with van der Waals surface area (Å²) in [7, 11) is 0. The highest BCUT2D eigenvalue weighted by molar-refractivity contribution is 4.79. The molecule has 0 aliphatic carbocycles. The van der Waals surface area contributed by atoms with Gasteiger partial charge in [0.2, 0.25) is 0 Å². The second-order valence-electron chi connectivity index (χ2n) is 3.68. The first-order valence-corrected chi connectivity index (χ1v) is 5.19. The molecule has 0 radical (unpaired) electrons. The molecular weight excluding hydrogens is 178 g/mol. The molecule has 5 heteroatoms. The summed E-state index contributed by atoms with van der Waals surface area (Å²) < 4.78 is 1.88. The van der Waals surface area contributed by atoms with E-state index < -0.39 is 0 Å². The van der Waals surface area contributed by atoms with E-state index in [1.165, 1.54) is 25.9 Å². The van der Waals surface area contributed by atoms with Crippen LogP contribution in [0.1, 0.15) is 18.7 Å². The molecule has 2 rings (SSSR count). The monoisotopic (exact) mass is 195 g/mol. The van der Waals surface area contributed by atoms with Crippen molar-refractivity contribution in [2.24, 2.45) is 5.73 Å². The van der Waals surface area contributed by atoms with Gasteiger partial charge in [0.05, 0.1) is 13.1 Å². The molecular formula is C9H17N5. The fourth-order valence-corrected chi connectivity index (χ4v) is 1.78. The minimum atomic E-state index is 0.427. The minimum absolute atomic E-state index is 0.427. The normalized spacial score (nSPS) is 17.8. The van der Waals surface area contributed by atoms with Gasteiger partial charge in [0, 0.05) is 6.54 Å². The highest BCUT2D eigenvalue weighted by atomic mass is 15.3. The maximum Gasteiger partial charge on any atom is 0.164 e. The summed E-state index contributed by atoms with van der Waals surface area (Å²) in [5.74, 6) is 0.728. The van der Waals surface area contributed by atoms with E-state index in [0.29, 0.717) is 6.54 Å². The molecule has 0 spiro atoms. The molecule has 1 fully saturated rings. The first kappa shape index (κ1) is 9.61. The number of rotatable bonds is 4. The average Bonchev–Trinajstić information content (AvgIpc) is 2.86. The molecule has 1 aromatic rings. The summed E-state index contributed by atoms with van der Waals surface area (Å²) in [5.41, 5.74) is 5.43. The average molecular weight is 195 g/mol. The van der Waals surface area contributed by atoms with Crippen molar-refractivity contribution in [3.63, 3.8) is 0 Å². The fraction of sp³-hybridized carbons (Fsp3) is 0.778. The molecule has 1 aliphatic rings. The first-order chi connectivity index (χ1) is 6.88. The lowest BCUT2D eigenvalue weighted by molar-refractivity contribution is 0.315. The van der Waals surface area contributed by atoms with Crippen molar-refractivity contribution < 1.29 is 0 Å². The number of nitrogens with zero attached hydrogens (tertiary/aromatic N) is 4.